The van der Waals surface area contributed by atoms with Crippen LogP contribution in [0.5, 0.6) is 5.75 Å². The van der Waals surface area contributed by atoms with Crippen molar-refractivity contribution < 1.29 is 4.74 Å². The van der Waals surface area contributed by atoms with Crippen molar-refractivity contribution in [1.82, 2.24) is 10.6 Å². The Morgan fingerprint density at radius 2 is 1.96 bits per heavy atom. The van der Waals surface area contributed by atoms with Crippen LogP contribution in [-0.4, -0.2) is 26.2 Å². The molecule has 0 fully saturated rings. The van der Waals surface area contributed by atoms with Crippen molar-refractivity contribution >= 4 is 41.3 Å². The van der Waals surface area contributed by atoms with Gasteiger partial charge in [-0.2, -0.15) is 11.3 Å². The molecular weight excluding hydrogens is 421 g/mol. The van der Waals surface area contributed by atoms with Gasteiger partial charge >= 0.3 is 0 Å². The molecule has 0 aliphatic heterocycles. The van der Waals surface area contributed by atoms with Crippen molar-refractivity contribution in [2.75, 3.05) is 20.2 Å². The van der Waals surface area contributed by atoms with Crippen molar-refractivity contribution in [3.05, 3.63) is 52.2 Å². The molecule has 1 aromatic heterocycles. The van der Waals surface area contributed by atoms with Gasteiger partial charge in [0.05, 0.1) is 6.61 Å². The first-order chi connectivity index (χ1) is 10.8. The highest BCUT2D eigenvalue weighted by molar-refractivity contribution is 14.0. The van der Waals surface area contributed by atoms with E-state index >= 15 is 0 Å². The van der Waals surface area contributed by atoms with Crippen LogP contribution in [0.15, 0.2) is 46.1 Å². The van der Waals surface area contributed by atoms with Gasteiger partial charge in [-0.25, -0.2) is 0 Å². The highest BCUT2D eigenvalue weighted by atomic mass is 127. The maximum atomic E-state index is 5.70. The fourth-order valence-corrected chi connectivity index (χ4v) is 2.57. The van der Waals surface area contributed by atoms with Crippen molar-refractivity contribution in [3.63, 3.8) is 0 Å². The van der Waals surface area contributed by atoms with E-state index in [1.54, 1.807) is 18.4 Å². The SMILES string of the molecule is CN=C(NCCCOc1ccc(C)cc1)NCc1ccsc1.I. The first-order valence-corrected chi connectivity index (χ1v) is 8.37. The van der Waals surface area contributed by atoms with Crippen LogP contribution in [0.2, 0.25) is 0 Å². The molecule has 1 heterocycles. The van der Waals surface area contributed by atoms with Gasteiger partial charge in [-0.15, -0.1) is 24.0 Å². The van der Waals surface area contributed by atoms with Gasteiger partial charge in [0.25, 0.3) is 0 Å². The summed E-state index contributed by atoms with van der Waals surface area (Å²) in [5.74, 6) is 1.74. The van der Waals surface area contributed by atoms with Crippen LogP contribution in [0.4, 0.5) is 0 Å². The molecule has 0 amide bonds. The van der Waals surface area contributed by atoms with E-state index in [-0.39, 0.29) is 24.0 Å². The molecule has 2 aromatic rings. The van der Waals surface area contributed by atoms with Gasteiger partial charge in [0.15, 0.2) is 5.96 Å². The lowest BCUT2D eigenvalue weighted by molar-refractivity contribution is 0.311. The number of guanidine groups is 1. The smallest absolute Gasteiger partial charge is 0.191 e. The summed E-state index contributed by atoms with van der Waals surface area (Å²) in [4.78, 5) is 4.21. The second-order valence-electron chi connectivity index (χ2n) is 5.00. The van der Waals surface area contributed by atoms with E-state index in [2.05, 4.69) is 51.5 Å². The van der Waals surface area contributed by atoms with E-state index in [4.69, 9.17) is 4.74 Å². The van der Waals surface area contributed by atoms with E-state index in [1.165, 1.54) is 11.1 Å². The van der Waals surface area contributed by atoms with E-state index in [0.29, 0.717) is 6.61 Å². The summed E-state index contributed by atoms with van der Waals surface area (Å²) in [5, 5.41) is 10.8. The summed E-state index contributed by atoms with van der Waals surface area (Å²) in [6.07, 6.45) is 0.924. The lowest BCUT2D eigenvalue weighted by Crippen LogP contribution is -2.37. The molecule has 0 radical (unpaired) electrons. The number of rotatable bonds is 7. The maximum absolute atomic E-state index is 5.70. The molecule has 0 saturated heterocycles. The molecule has 1 aromatic carbocycles. The van der Waals surface area contributed by atoms with Gasteiger partial charge in [0.1, 0.15) is 5.75 Å². The van der Waals surface area contributed by atoms with Gasteiger partial charge in [-0.3, -0.25) is 4.99 Å². The summed E-state index contributed by atoms with van der Waals surface area (Å²) in [6.45, 7) is 4.39. The van der Waals surface area contributed by atoms with Crippen molar-refractivity contribution in [2.45, 2.75) is 19.9 Å². The average molecular weight is 445 g/mol. The average Bonchev–Trinajstić information content (AvgIpc) is 3.05. The highest BCUT2D eigenvalue weighted by Crippen LogP contribution is 2.11. The van der Waals surface area contributed by atoms with Gasteiger partial charge in [-0.1, -0.05) is 17.7 Å². The minimum absolute atomic E-state index is 0. The first kappa shape index (κ1) is 19.8. The number of nitrogens with zero attached hydrogens (tertiary/aromatic N) is 1. The predicted molar refractivity (Wildman–Crippen MR) is 109 cm³/mol. The lowest BCUT2D eigenvalue weighted by Gasteiger charge is -2.11. The molecule has 0 aliphatic carbocycles. The van der Waals surface area contributed by atoms with Crippen molar-refractivity contribution in [2.24, 2.45) is 4.99 Å². The Balaban J connectivity index is 0.00000264. The fraction of sp³-hybridized carbons (Fsp3) is 0.353. The minimum Gasteiger partial charge on any atom is -0.494 e. The van der Waals surface area contributed by atoms with Gasteiger partial charge in [0.2, 0.25) is 0 Å². The van der Waals surface area contributed by atoms with Crippen LogP contribution in [-0.2, 0) is 6.54 Å². The Labute approximate surface area is 159 Å². The summed E-state index contributed by atoms with van der Waals surface area (Å²) in [7, 11) is 1.78. The minimum atomic E-state index is 0. The Morgan fingerprint density at radius 1 is 1.17 bits per heavy atom. The zero-order chi connectivity index (χ0) is 15.6. The third-order valence-corrected chi connectivity index (χ3v) is 3.90. The zero-order valence-electron chi connectivity index (χ0n) is 13.5. The molecule has 0 saturated carbocycles. The number of hydrogen-bond donors (Lipinski definition) is 2. The third-order valence-electron chi connectivity index (χ3n) is 3.17. The summed E-state index contributed by atoms with van der Waals surface area (Å²) < 4.78 is 5.70. The molecule has 0 atom stereocenters. The van der Waals surface area contributed by atoms with Crippen molar-refractivity contribution in [3.8, 4) is 5.75 Å². The number of nitrogens with one attached hydrogen (secondary N) is 2. The van der Waals surface area contributed by atoms with Crippen LogP contribution in [0, 0.1) is 6.92 Å². The second-order valence-corrected chi connectivity index (χ2v) is 5.78. The topological polar surface area (TPSA) is 45.7 Å². The summed E-state index contributed by atoms with van der Waals surface area (Å²) >= 11 is 1.71. The van der Waals surface area contributed by atoms with Crippen LogP contribution in [0.3, 0.4) is 0 Å². The number of ether oxygens (including phenoxy) is 1. The largest absolute Gasteiger partial charge is 0.494 e. The van der Waals surface area contributed by atoms with Crippen LogP contribution in [0.25, 0.3) is 0 Å². The van der Waals surface area contributed by atoms with Gasteiger partial charge in [-0.05, 0) is 47.9 Å². The van der Waals surface area contributed by atoms with Crippen molar-refractivity contribution in [1.29, 1.82) is 0 Å². The molecule has 2 rings (SSSR count). The fourth-order valence-electron chi connectivity index (χ4n) is 1.90. The molecule has 6 heteroatoms. The molecular formula is C17H24IN3OS. The molecule has 0 spiro atoms. The third kappa shape index (κ3) is 7.69. The number of halogens is 1. The number of aliphatic imine (C=N–C) groups is 1. The van der Waals surface area contributed by atoms with Crippen LogP contribution < -0.4 is 15.4 Å². The van der Waals surface area contributed by atoms with Gasteiger partial charge < -0.3 is 15.4 Å². The molecule has 0 aliphatic rings. The summed E-state index contributed by atoms with van der Waals surface area (Å²) in [5.41, 5.74) is 2.52. The number of thiophene rings is 1. The second kappa shape index (κ2) is 11.3. The van der Waals surface area contributed by atoms with Gasteiger partial charge in [0, 0.05) is 20.1 Å². The lowest BCUT2D eigenvalue weighted by atomic mass is 10.2. The van der Waals surface area contributed by atoms with E-state index in [9.17, 15) is 0 Å². The van der Waals surface area contributed by atoms with Crippen LogP contribution >= 0.6 is 35.3 Å². The Morgan fingerprint density at radius 3 is 2.61 bits per heavy atom. The summed E-state index contributed by atoms with van der Waals surface area (Å²) in [6, 6.07) is 10.2. The normalized spacial score (nSPS) is 10.8. The Hall–Kier alpha value is -1.28. The molecule has 126 valence electrons. The predicted octanol–water partition coefficient (Wildman–Crippen LogP) is 3.81. The maximum Gasteiger partial charge on any atom is 0.191 e. The molecule has 4 nitrogen and oxygen atoms in total. The van der Waals surface area contributed by atoms with E-state index in [0.717, 1.165) is 31.2 Å². The highest BCUT2D eigenvalue weighted by Gasteiger charge is 1.99. The molecule has 0 unspecified atom stereocenters. The van der Waals surface area contributed by atoms with E-state index in [1.807, 2.05) is 12.1 Å². The monoisotopic (exact) mass is 445 g/mol. The van der Waals surface area contributed by atoms with Crippen LogP contribution in [0.1, 0.15) is 17.5 Å². The zero-order valence-corrected chi connectivity index (χ0v) is 16.7. The number of aryl methyl sites for hydroxylation is 1. The number of benzene rings is 1. The molecule has 0 bridgehead atoms. The van der Waals surface area contributed by atoms with E-state index < -0.39 is 0 Å². The quantitative estimate of drug-likeness (QED) is 0.295. The molecule has 2 N–H and O–H groups in total. The number of hydrogen-bond acceptors (Lipinski definition) is 3. The Bertz CT molecular complexity index is 570. The Kier molecular flexibility index (Phi) is 9.70. The standard InChI is InChI=1S/C17H23N3OS.HI/c1-14-4-6-16(7-5-14)21-10-3-9-19-17(18-2)20-12-15-8-11-22-13-15;/h4-8,11,13H,3,9-10,12H2,1-2H3,(H2,18,19,20);1H. The first-order valence-electron chi connectivity index (χ1n) is 7.43. The molecule has 23 heavy (non-hydrogen) atoms.